The van der Waals surface area contributed by atoms with Crippen molar-refractivity contribution in [1.82, 2.24) is 4.90 Å². The summed E-state index contributed by atoms with van der Waals surface area (Å²) in [5.41, 5.74) is 0. The fourth-order valence-corrected chi connectivity index (χ4v) is 4.00. The molecule has 1 amide bonds. The molecule has 0 aromatic heterocycles. The van der Waals surface area contributed by atoms with Gasteiger partial charge in [-0.3, -0.25) is 4.79 Å². The lowest BCUT2D eigenvalue weighted by molar-refractivity contribution is -0.151. The minimum atomic E-state index is -0.594. The van der Waals surface area contributed by atoms with E-state index in [1.807, 2.05) is 0 Å². The molecule has 1 heterocycles. The van der Waals surface area contributed by atoms with Gasteiger partial charge in [-0.05, 0) is 24.5 Å². The topological polar surface area (TPSA) is 65.1 Å². The van der Waals surface area contributed by atoms with Crippen molar-refractivity contribution in [3.05, 3.63) is 35.1 Å². The van der Waals surface area contributed by atoms with Crippen LogP contribution in [-0.4, -0.2) is 43.6 Å². The van der Waals surface area contributed by atoms with E-state index in [2.05, 4.69) is 0 Å². The summed E-state index contributed by atoms with van der Waals surface area (Å²) in [6.07, 6.45) is 6.55. The molecule has 2 aliphatic rings. The van der Waals surface area contributed by atoms with Gasteiger partial charge in [0, 0.05) is 6.08 Å². The van der Waals surface area contributed by atoms with Gasteiger partial charge < -0.3 is 19.1 Å². The molecule has 146 valence electrons. The molecule has 0 unspecified atom stereocenters. The second-order valence-electron chi connectivity index (χ2n) is 6.88. The number of ether oxygens (including phenoxy) is 3. The van der Waals surface area contributed by atoms with Crippen LogP contribution in [0.5, 0.6) is 11.5 Å². The van der Waals surface area contributed by atoms with Crippen LogP contribution in [0.4, 0.5) is 0 Å². The summed E-state index contributed by atoms with van der Waals surface area (Å²) in [6, 6.07) is 4.59. The van der Waals surface area contributed by atoms with Crippen LogP contribution in [-0.2, 0) is 14.3 Å². The van der Waals surface area contributed by atoms with Crippen LogP contribution in [0.2, 0.25) is 5.02 Å². The van der Waals surface area contributed by atoms with Gasteiger partial charge in [0.1, 0.15) is 28.3 Å². The normalized spacial score (nSPS) is 18.4. The first-order valence-corrected chi connectivity index (χ1v) is 9.50. The molecular formula is C20H24ClNO5. The monoisotopic (exact) mass is 393 g/mol. The Labute approximate surface area is 164 Å². The zero-order chi connectivity index (χ0) is 19.4. The highest BCUT2D eigenvalue weighted by Crippen LogP contribution is 2.36. The molecule has 1 aromatic carbocycles. The number of methoxy groups -OCH3 is 2. The van der Waals surface area contributed by atoms with E-state index in [1.165, 1.54) is 38.0 Å². The van der Waals surface area contributed by atoms with E-state index >= 15 is 0 Å². The number of carbonyl (C=O) groups is 2. The predicted molar refractivity (Wildman–Crippen MR) is 101 cm³/mol. The number of carbonyl (C=O) groups excluding carboxylic acids is 2. The highest BCUT2D eigenvalue weighted by atomic mass is 35.5. The first kappa shape index (κ1) is 19.5. The third kappa shape index (κ3) is 4.38. The van der Waals surface area contributed by atoms with E-state index in [0.29, 0.717) is 34.6 Å². The molecule has 1 aliphatic carbocycles. The highest BCUT2D eigenvalue weighted by Gasteiger charge is 2.37. The molecular weight excluding hydrogens is 370 g/mol. The van der Waals surface area contributed by atoms with E-state index in [1.54, 1.807) is 18.2 Å². The Bertz CT molecular complexity index is 742. The lowest BCUT2D eigenvalue weighted by atomic mass is 9.97. The molecule has 3 rings (SSSR count). The van der Waals surface area contributed by atoms with Crippen LogP contribution in [0.25, 0.3) is 0 Å². The second kappa shape index (κ2) is 8.65. The van der Waals surface area contributed by atoms with E-state index in [-0.39, 0.29) is 18.4 Å². The number of halogens is 1. The SMILES string of the molecule is COC(=O)[C@H](CC1CCCC1)N1CC(Oc2cccc(OC)c2Cl)=CC1=O. The van der Waals surface area contributed by atoms with E-state index in [9.17, 15) is 9.59 Å². The Morgan fingerprint density at radius 1 is 1.26 bits per heavy atom. The quantitative estimate of drug-likeness (QED) is 0.662. The lowest BCUT2D eigenvalue weighted by Gasteiger charge is -2.28. The van der Waals surface area contributed by atoms with Crippen LogP contribution < -0.4 is 9.47 Å². The zero-order valence-electron chi connectivity index (χ0n) is 15.6. The van der Waals surface area contributed by atoms with Gasteiger partial charge >= 0.3 is 5.97 Å². The maximum absolute atomic E-state index is 12.5. The maximum Gasteiger partial charge on any atom is 0.328 e. The number of hydrogen-bond donors (Lipinski definition) is 0. The van der Waals surface area contributed by atoms with Gasteiger partial charge in [-0.15, -0.1) is 0 Å². The van der Waals surface area contributed by atoms with Crippen molar-refractivity contribution in [2.24, 2.45) is 5.92 Å². The Balaban J connectivity index is 1.72. The summed E-state index contributed by atoms with van der Waals surface area (Å²) in [7, 11) is 2.88. The first-order chi connectivity index (χ1) is 13.0. The minimum Gasteiger partial charge on any atom is -0.495 e. The van der Waals surface area contributed by atoms with Crippen LogP contribution in [0.3, 0.4) is 0 Å². The summed E-state index contributed by atoms with van der Waals surface area (Å²) in [6.45, 7) is 0.207. The van der Waals surface area contributed by atoms with Crippen molar-refractivity contribution in [2.75, 3.05) is 20.8 Å². The van der Waals surface area contributed by atoms with E-state index in [4.69, 9.17) is 25.8 Å². The molecule has 27 heavy (non-hydrogen) atoms. The molecule has 1 saturated carbocycles. The molecule has 1 fully saturated rings. The average molecular weight is 394 g/mol. The molecule has 1 aromatic rings. The van der Waals surface area contributed by atoms with Crippen molar-refractivity contribution in [3.8, 4) is 11.5 Å². The molecule has 6 nitrogen and oxygen atoms in total. The van der Waals surface area contributed by atoms with E-state index < -0.39 is 6.04 Å². The van der Waals surface area contributed by atoms with Crippen LogP contribution >= 0.6 is 11.6 Å². The molecule has 1 aliphatic heterocycles. The maximum atomic E-state index is 12.5. The van der Waals surface area contributed by atoms with Crippen molar-refractivity contribution in [1.29, 1.82) is 0 Å². The molecule has 0 bridgehead atoms. The third-order valence-corrected chi connectivity index (χ3v) is 5.54. The van der Waals surface area contributed by atoms with Crippen molar-refractivity contribution in [2.45, 2.75) is 38.1 Å². The Kier molecular flexibility index (Phi) is 6.26. The van der Waals surface area contributed by atoms with Crippen molar-refractivity contribution < 1.29 is 23.8 Å². The third-order valence-electron chi connectivity index (χ3n) is 5.16. The number of nitrogens with zero attached hydrogens (tertiary/aromatic N) is 1. The molecule has 0 radical (unpaired) electrons. The van der Waals surface area contributed by atoms with Crippen molar-refractivity contribution in [3.63, 3.8) is 0 Å². The summed E-state index contributed by atoms with van der Waals surface area (Å²) in [5, 5.41) is 0.335. The van der Waals surface area contributed by atoms with Crippen LogP contribution in [0, 0.1) is 5.92 Å². The van der Waals surface area contributed by atoms with Crippen LogP contribution in [0.1, 0.15) is 32.1 Å². The standard InChI is InChI=1S/C20H24ClNO5/c1-25-16-8-5-9-17(19(16)21)27-14-11-18(23)22(12-14)15(20(24)26-2)10-13-6-3-4-7-13/h5,8-9,11,13,15H,3-4,6-7,10,12H2,1-2H3/t15-/m0/s1. The lowest BCUT2D eigenvalue weighted by Crippen LogP contribution is -2.44. The first-order valence-electron chi connectivity index (χ1n) is 9.12. The van der Waals surface area contributed by atoms with Gasteiger partial charge in [0.15, 0.2) is 0 Å². The van der Waals surface area contributed by atoms with Crippen molar-refractivity contribution >= 4 is 23.5 Å². The predicted octanol–water partition coefficient (Wildman–Crippen LogP) is 3.58. The average Bonchev–Trinajstić information content (AvgIpc) is 3.30. The number of amides is 1. The highest BCUT2D eigenvalue weighted by molar-refractivity contribution is 6.33. The largest absolute Gasteiger partial charge is 0.495 e. The molecule has 7 heteroatoms. The van der Waals surface area contributed by atoms with Gasteiger partial charge in [0.05, 0.1) is 20.8 Å². The molecule has 0 saturated heterocycles. The van der Waals surface area contributed by atoms with Gasteiger partial charge in [0.25, 0.3) is 5.91 Å². The van der Waals surface area contributed by atoms with Crippen LogP contribution in [0.15, 0.2) is 30.0 Å². The fourth-order valence-electron chi connectivity index (χ4n) is 3.75. The second-order valence-corrected chi connectivity index (χ2v) is 7.25. The number of benzene rings is 1. The fraction of sp³-hybridized carbons (Fsp3) is 0.500. The Hall–Kier alpha value is -2.21. The Morgan fingerprint density at radius 2 is 1.96 bits per heavy atom. The molecule has 0 N–H and O–H groups in total. The summed E-state index contributed by atoms with van der Waals surface area (Å²) in [5.74, 6) is 1.14. The zero-order valence-corrected chi connectivity index (χ0v) is 16.3. The minimum absolute atomic E-state index is 0.207. The Morgan fingerprint density at radius 3 is 2.63 bits per heavy atom. The number of rotatable bonds is 7. The number of hydrogen-bond acceptors (Lipinski definition) is 5. The van der Waals surface area contributed by atoms with Gasteiger partial charge in [-0.25, -0.2) is 4.79 Å². The van der Waals surface area contributed by atoms with E-state index in [0.717, 1.165) is 12.8 Å². The number of esters is 1. The molecule has 1 atom stereocenters. The van der Waals surface area contributed by atoms with Gasteiger partial charge in [0.2, 0.25) is 0 Å². The van der Waals surface area contributed by atoms with Gasteiger partial charge in [-0.1, -0.05) is 43.4 Å². The summed E-state index contributed by atoms with van der Waals surface area (Å²) >= 11 is 6.26. The molecule has 0 spiro atoms. The summed E-state index contributed by atoms with van der Waals surface area (Å²) in [4.78, 5) is 26.4. The summed E-state index contributed by atoms with van der Waals surface area (Å²) < 4.78 is 16.0. The van der Waals surface area contributed by atoms with Gasteiger partial charge in [-0.2, -0.15) is 0 Å². The smallest absolute Gasteiger partial charge is 0.328 e.